The second kappa shape index (κ2) is 4.34. The summed E-state index contributed by atoms with van der Waals surface area (Å²) in [5, 5.41) is 12.3. The van der Waals surface area contributed by atoms with Gasteiger partial charge in [0.25, 0.3) is 0 Å². The van der Waals surface area contributed by atoms with Crippen molar-refractivity contribution in [3.05, 3.63) is 39.3 Å². The van der Waals surface area contributed by atoms with E-state index in [1.165, 1.54) is 6.07 Å². The van der Waals surface area contributed by atoms with Gasteiger partial charge in [-0.05, 0) is 18.9 Å². The fraction of sp³-hybridized carbons (Fsp3) is 0.333. The third-order valence-corrected chi connectivity index (χ3v) is 2.68. The summed E-state index contributed by atoms with van der Waals surface area (Å²) in [6, 6.07) is 1.34. The molecule has 2 N–H and O–H groups in total. The average Bonchev–Trinajstić information content (AvgIpc) is 2.50. The number of nitro groups is 1. The van der Waals surface area contributed by atoms with Crippen LogP contribution in [0.1, 0.15) is 24.9 Å². The van der Waals surface area contributed by atoms with Crippen LogP contribution in [0, 0.1) is 10.1 Å². The molecule has 0 aliphatic rings. The first-order valence-corrected chi connectivity index (χ1v) is 5.01. The Morgan fingerprint density at radius 3 is 2.93 bits per heavy atom. The van der Waals surface area contributed by atoms with Gasteiger partial charge in [0.15, 0.2) is 0 Å². The summed E-state index contributed by atoms with van der Waals surface area (Å²) in [4.78, 5) is 10.0. The van der Waals surface area contributed by atoms with Crippen molar-refractivity contribution in [1.29, 1.82) is 0 Å². The van der Waals surface area contributed by atoms with Crippen LogP contribution in [0.3, 0.4) is 0 Å². The number of thiophene rings is 1. The molecule has 0 saturated carbocycles. The lowest BCUT2D eigenvalue weighted by atomic mass is 10.0. The van der Waals surface area contributed by atoms with Crippen molar-refractivity contribution in [2.24, 2.45) is 5.73 Å². The van der Waals surface area contributed by atoms with Crippen LogP contribution in [-0.2, 0) is 0 Å². The number of nitrogens with zero attached hydrogens (tertiary/aromatic N) is 1. The highest BCUT2D eigenvalue weighted by atomic mass is 32.1. The molecule has 1 rings (SSSR count). The van der Waals surface area contributed by atoms with Crippen LogP contribution in [0.2, 0.25) is 0 Å². The van der Waals surface area contributed by atoms with Crippen molar-refractivity contribution in [2.75, 3.05) is 0 Å². The maximum absolute atomic E-state index is 10.4. The Morgan fingerprint density at radius 1 is 1.86 bits per heavy atom. The lowest BCUT2D eigenvalue weighted by molar-refractivity contribution is -0.380. The van der Waals surface area contributed by atoms with Crippen LogP contribution in [0.5, 0.6) is 0 Å². The maximum atomic E-state index is 10.4. The van der Waals surface area contributed by atoms with Crippen LogP contribution >= 0.6 is 11.3 Å². The van der Waals surface area contributed by atoms with E-state index in [-0.39, 0.29) is 11.0 Å². The number of hydrogen-bond donors (Lipinski definition) is 1. The second-order valence-corrected chi connectivity index (χ2v) is 4.13. The van der Waals surface area contributed by atoms with Gasteiger partial charge in [0.05, 0.1) is 4.92 Å². The molecular formula is C9H12N2O2S. The van der Waals surface area contributed by atoms with Crippen molar-refractivity contribution in [3.63, 3.8) is 0 Å². The van der Waals surface area contributed by atoms with Crippen molar-refractivity contribution >= 4 is 16.3 Å². The summed E-state index contributed by atoms with van der Waals surface area (Å²) in [7, 11) is 0. The van der Waals surface area contributed by atoms with Crippen LogP contribution < -0.4 is 5.73 Å². The summed E-state index contributed by atoms with van der Waals surface area (Å²) < 4.78 is 0. The predicted octanol–water partition coefficient (Wildman–Crippen LogP) is 2.62. The van der Waals surface area contributed by atoms with Crippen LogP contribution in [0.4, 0.5) is 5.00 Å². The number of nitrogens with two attached hydrogens (primary N) is 1. The molecule has 1 heterocycles. The van der Waals surface area contributed by atoms with Gasteiger partial charge in [-0.3, -0.25) is 10.1 Å². The topological polar surface area (TPSA) is 69.2 Å². The van der Waals surface area contributed by atoms with E-state index in [0.717, 1.165) is 22.5 Å². The Kier molecular flexibility index (Phi) is 3.38. The third kappa shape index (κ3) is 2.65. The highest BCUT2D eigenvalue weighted by molar-refractivity contribution is 7.13. The first kappa shape index (κ1) is 10.9. The first-order chi connectivity index (χ1) is 6.50. The molecular weight excluding hydrogens is 200 g/mol. The monoisotopic (exact) mass is 212 g/mol. The Bertz CT molecular complexity index is 359. The van der Waals surface area contributed by atoms with Crippen LogP contribution in [-0.4, -0.2) is 4.92 Å². The van der Waals surface area contributed by atoms with Gasteiger partial charge in [0, 0.05) is 17.5 Å². The van der Waals surface area contributed by atoms with E-state index in [2.05, 4.69) is 6.58 Å². The molecule has 0 saturated heterocycles. The molecule has 0 fully saturated rings. The smallest absolute Gasteiger partial charge is 0.324 e. The van der Waals surface area contributed by atoms with Crippen LogP contribution in [0.25, 0.3) is 0 Å². The molecule has 0 unspecified atom stereocenters. The van der Waals surface area contributed by atoms with Gasteiger partial charge in [0.1, 0.15) is 0 Å². The van der Waals surface area contributed by atoms with Gasteiger partial charge in [-0.25, -0.2) is 0 Å². The number of hydrogen-bond acceptors (Lipinski definition) is 4. The molecule has 1 aromatic rings. The molecule has 4 nitrogen and oxygen atoms in total. The van der Waals surface area contributed by atoms with E-state index in [1.807, 2.05) is 6.92 Å². The zero-order valence-electron chi connectivity index (χ0n) is 7.90. The summed E-state index contributed by atoms with van der Waals surface area (Å²) in [5.41, 5.74) is 7.62. The van der Waals surface area contributed by atoms with Crippen molar-refractivity contribution in [1.82, 2.24) is 0 Å². The van der Waals surface area contributed by atoms with E-state index in [1.54, 1.807) is 5.38 Å². The fourth-order valence-electron chi connectivity index (χ4n) is 1.12. The molecule has 1 atom stereocenters. The largest absolute Gasteiger partial charge is 0.324 e. The Hall–Kier alpha value is -1.20. The normalized spacial score (nSPS) is 12.4. The Balaban J connectivity index is 2.76. The van der Waals surface area contributed by atoms with E-state index in [4.69, 9.17) is 5.73 Å². The van der Waals surface area contributed by atoms with Crippen molar-refractivity contribution in [2.45, 2.75) is 19.4 Å². The molecule has 1 aromatic heterocycles. The van der Waals surface area contributed by atoms with Gasteiger partial charge in [0.2, 0.25) is 0 Å². The van der Waals surface area contributed by atoms with Gasteiger partial charge < -0.3 is 5.73 Å². The molecule has 76 valence electrons. The van der Waals surface area contributed by atoms with Crippen molar-refractivity contribution in [3.8, 4) is 0 Å². The van der Waals surface area contributed by atoms with E-state index >= 15 is 0 Å². The molecule has 0 amide bonds. The van der Waals surface area contributed by atoms with Gasteiger partial charge in [-0.2, -0.15) is 0 Å². The fourth-order valence-corrected chi connectivity index (χ4v) is 1.91. The molecule has 14 heavy (non-hydrogen) atoms. The summed E-state index contributed by atoms with van der Waals surface area (Å²) in [6.45, 7) is 5.64. The summed E-state index contributed by atoms with van der Waals surface area (Å²) in [6.07, 6.45) is 0.661. The van der Waals surface area contributed by atoms with E-state index < -0.39 is 4.92 Å². The van der Waals surface area contributed by atoms with Gasteiger partial charge in [-0.1, -0.05) is 16.9 Å². The standard InChI is InChI=1S/C9H12N2O2S/c1-6(2)3-8(10)7-4-9(11(12)13)14-5-7/h4-5,8H,1,3,10H2,2H3/t8-/m0/s1. The highest BCUT2D eigenvalue weighted by Gasteiger charge is 2.14. The minimum atomic E-state index is -0.401. The second-order valence-electron chi connectivity index (χ2n) is 3.24. The Morgan fingerprint density at radius 2 is 2.50 bits per heavy atom. The van der Waals surface area contributed by atoms with Gasteiger partial charge in [-0.15, -0.1) is 6.58 Å². The highest BCUT2D eigenvalue weighted by Crippen LogP contribution is 2.28. The molecule has 0 aliphatic carbocycles. The quantitative estimate of drug-likeness (QED) is 0.474. The number of rotatable bonds is 4. The lowest BCUT2D eigenvalue weighted by Gasteiger charge is -2.07. The minimum Gasteiger partial charge on any atom is -0.324 e. The lowest BCUT2D eigenvalue weighted by Crippen LogP contribution is -2.09. The van der Waals surface area contributed by atoms with Crippen molar-refractivity contribution < 1.29 is 4.92 Å². The molecule has 0 aromatic carbocycles. The first-order valence-electron chi connectivity index (χ1n) is 4.13. The average molecular weight is 212 g/mol. The van der Waals surface area contributed by atoms with Gasteiger partial charge >= 0.3 is 5.00 Å². The SMILES string of the molecule is C=C(C)C[C@H](N)c1csc([N+](=O)[O-])c1. The molecule has 0 aliphatic heterocycles. The predicted molar refractivity (Wildman–Crippen MR) is 57.3 cm³/mol. The van der Waals surface area contributed by atoms with Crippen LogP contribution in [0.15, 0.2) is 23.6 Å². The Labute approximate surface area is 86.2 Å². The summed E-state index contributed by atoms with van der Waals surface area (Å²) in [5.74, 6) is 0. The van der Waals surface area contributed by atoms with E-state index in [0.29, 0.717) is 6.42 Å². The van der Waals surface area contributed by atoms with E-state index in [9.17, 15) is 10.1 Å². The molecule has 5 heteroatoms. The molecule has 0 spiro atoms. The maximum Gasteiger partial charge on any atom is 0.324 e. The minimum absolute atomic E-state index is 0.136. The third-order valence-electron chi connectivity index (χ3n) is 1.78. The summed E-state index contributed by atoms with van der Waals surface area (Å²) >= 11 is 1.10. The molecule has 0 bridgehead atoms. The zero-order chi connectivity index (χ0) is 10.7. The zero-order valence-corrected chi connectivity index (χ0v) is 8.71. The molecule has 0 radical (unpaired) electrons.